The fourth-order valence-electron chi connectivity index (χ4n) is 3.64. The van der Waals surface area contributed by atoms with Gasteiger partial charge in [-0.3, -0.25) is 5.10 Å². The topological polar surface area (TPSA) is 91.4 Å². The molecular weight excluding hydrogens is 431 g/mol. The number of H-pyrrole nitrogens is 1. The van der Waals surface area contributed by atoms with Gasteiger partial charge in [-0.1, -0.05) is 56.0 Å². The van der Waals surface area contributed by atoms with Crippen LogP contribution in [0, 0.1) is 0 Å². The van der Waals surface area contributed by atoms with Crippen LogP contribution in [-0.2, 0) is 19.1 Å². The number of aromatic amines is 1. The Balaban J connectivity index is 0.00000259. The quantitative estimate of drug-likeness (QED) is 0.404. The van der Waals surface area contributed by atoms with Gasteiger partial charge < -0.3 is 10.6 Å². The molecular formula is C23H22F3N7. The molecule has 2 aromatic heterocycles. The molecule has 0 atom stereocenters. The highest BCUT2D eigenvalue weighted by Crippen LogP contribution is 2.37. The molecule has 0 bridgehead atoms. The molecule has 5 rings (SSSR count). The summed E-state index contributed by atoms with van der Waals surface area (Å²) in [6.07, 6.45) is -3.93. The van der Waals surface area contributed by atoms with Crippen LogP contribution in [0.2, 0.25) is 0 Å². The summed E-state index contributed by atoms with van der Waals surface area (Å²) in [5, 5.41) is 13.4. The lowest BCUT2D eigenvalue weighted by Gasteiger charge is -2.21. The highest BCUT2D eigenvalue weighted by molar-refractivity contribution is 5.66. The van der Waals surface area contributed by atoms with E-state index in [1.165, 1.54) is 12.1 Å². The molecule has 2 aromatic carbocycles. The molecule has 0 amide bonds. The molecule has 1 aliphatic heterocycles. The van der Waals surface area contributed by atoms with Crippen LogP contribution < -0.4 is 10.6 Å². The van der Waals surface area contributed by atoms with Gasteiger partial charge in [-0.15, -0.1) is 5.10 Å². The molecule has 0 fully saturated rings. The SMILES string of the molecule is C.FC(F)(F)c1ccccc1-c1nc2c(c(Nc3n[nH]c(-c4ccccc4)n3)n1)CNCC2. The van der Waals surface area contributed by atoms with Gasteiger partial charge in [-0.05, 0) is 6.07 Å². The van der Waals surface area contributed by atoms with E-state index in [9.17, 15) is 13.2 Å². The number of hydrogen-bond acceptors (Lipinski definition) is 6. The summed E-state index contributed by atoms with van der Waals surface area (Å²) < 4.78 is 40.7. The normalized spacial score (nSPS) is 13.2. The van der Waals surface area contributed by atoms with Crippen LogP contribution in [0.1, 0.15) is 24.2 Å². The lowest BCUT2D eigenvalue weighted by atomic mass is 10.0. The fraction of sp³-hybridized carbons (Fsp3) is 0.217. The summed E-state index contributed by atoms with van der Waals surface area (Å²) in [5.74, 6) is 1.23. The third-order valence-corrected chi connectivity index (χ3v) is 5.17. The summed E-state index contributed by atoms with van der Waals surface area (Å²) in [7, 11) is 0. The van der Waals surface area contributed by atoms with E-state index in [1.54, 1.807) is 6.07 Å². The summed E-state index contributed by atoms with van der Waals surface area (Å²) in [6, 6.07) is 14.8. The maximum Gasteiger partial charge on any atom is 0.417 e. The van der Waals surface area contributed by atoms with Gasteiger partial charge in [0.15, 0.2) is 11.6 Å². The van der Waals surface area contributed by atoms with E-state index in [1.807, 2.05) is 30.3 Å². The minimum atomic E-state index is -4.51. The largest absolute Gasteiger partial charge is 0.417 e. The Morgan fingerprint density at radius 1 is 0.909 bits per heavy atom. The van der Waals surface area contributed by atoms with Gasteiger partial charge >= 0.3 is 6.18 Å². The molecule has 170 valence electrons. The number of alkyl halides is 3. The first-order chi connectivity index (χ1) is 15.5. The Morgan fingerprint density at radius 2 is 1.67 bits per heavy atom. The molecule has 1 aliphatic rings. The van der Waals surface area contributed by atoms with Crippen LogP contribution in [-0.4, -0.2) is 31.7 Å². The zero-order valence-electron chi connectivity index (χ0n) is 16.7. The number of nitrogens with one attached hydrogen (secondary N) is 3. The first-order valence-electron chi connectivity index (χ1n) is 10.0. The Hall–Kier alpha value is -3.79. The molecule has 10 heteroatoms. The van der Waals surface area contributed by atoms with Crippen molar-refractivity contribution < 1.29 is 13.2 Å². The lowest BCUT2D eigenvalue weighted by Crippen LogP contribution is -2.26. The van der Waals surface area contributed by atoms with Gasteiger partial charge in [-0.2, -0.15) is 18.2 Å². The standard InChI is InChI=1S/C22H18F3N7.CH4/c23-22(24,25)16-9-5-4-8-14(16)19-27-17-10-11-26-12-15(17)20(28-19)30-21-29-18(31-32-21)13-6-2-1-3-7-13;/h1-9,26H,10-12H2,(H2,27,28,29,30,31,32);1H4. The summed E-state index contributed by atoms with van der Waals surface area (Å²) in [6.45, 7) is 1.18. The average molecular weight is 453 g/mol. The number of fused-ring (bicyclic) bond motifs is 1. The molecule has 7 nitrogen and oxygen atoms in total. The van der Waals surface area contributed by atoms with Crippen molar-refractivity contribution in [2.45, 2.75) is 26.6 Å². The van der Waals surface area contributed by atoms with Gasteiger partial charge in [-0.25, -0.2) is 9.97 Å². The molecule has 0 unspecified atom stereocenters. The van der Waals surface area contributed by atoms with Crippen LogP contribution in [0.4, 0.5) is 24.9 Å². The second-order valence-corrected chi connectivity index (χ2v) is 7.29. The monoisotopic (exact) mass is 453 g/mol. The lowest BCUT2D eigenvalue weighted by molar-refractivity contribution is -0.137. The highest BCUT2D eigenvalue weighted by Gasteiger charge is 2.34. The zero-order valence-corrected chi connectivity index (χ0v) is 16.7. The molecule has 0 spiro atoms. The van der Waals surface area contributed by atoms with Crippen LogP contribution in [0.15, 0.2) is 54.6 Å². The van der Waals surface area contributed by atoms with E-state index in [0.717, 1.165) is 17.2 Å². The van der Waals surface area contributed by atoms with E-state index >= 15 is 0 Å². The summed E-state index contributed by atoms with van der Waals surface area (Å²) >= 11 is 0. The Bertz CT molecular complexity index is 1250. The van der Waals surface area contributed by atoms with Crippen molar-refractivity contribution in [2.75, 3.05) is 11.9 Å². The fourth-order valence-corrected chi connectivity index (χ4v) is 3.64. The van der Waals surface area contributed by atoms with Crippen molar-refractivity contribution in [3.63, 3.8) is 0 Å². The molecule has 33 heavy (non-hydrogen) atoms. The van der Waals surface area contributed by atoms with Gasteiger partial charge in [0.2, 0.25) is 5.95 Å². The minimum absolute atomic E-state index is 0. The third-order valence-electron chi connectivity index (χ3n) is 5.17. The number of rotatable bonds is 4. The molecule has 4 aromatic rings. The third kappa shape index (κ3) is 4.56. The van der Waals surface area contributed by atoms with E-state index in [4.69, 9.17) is 0 Å². The molecule has 0 saturated heterocycles. The Labute approximate surface area is 188 Å². The second-order valence-electron chi connectivity index (χ2n) is 7.29. The van der Waals surface area contributed by atoms with Crippen molar-refractivity contribution >= 4 is 11.8 Å². The summed E-state index contributed by atoms with van der Waals surface area (Å²) in [5.41, 5.74) is 1.51. The second kappa shape index (κ2) is 8.99. The van der Waals surface area contributed by atoms with Crippen LogP contribution >= 0.6 is 0 Å². The van der Waals surface area contributed by atoms with Gasteiger partial charge in [0.05, 0.1) is 11.3 Å². The van der Waals surface area contributed by atoms with Gasteiger partial charge in [0.25, 0.3) is 0 Å². The maximum atomic E-state index is 13.6. The van der Waals surface area contributed by atoms with Crippen molar-refractivity contribution in [2.24, 2.45) is 0 Å². The van der Waals surface area contributed by atoms with Gasteiger partial charge in [0, 0.05) is 36.2 Å². The van der Waals surface area contributed by atoms with Crippen molar-refractivity contribution in [3.8, 4) is 22.8 Å². The first-order valence-corrected chi connectivity index (χ1v) is 10.0. The molecule has 0 aliphatic carbocycles. The number of benzene rings is 2. The van der Waals surface area contributed by atoms with Gasteiger partial charge in [0.1, 0.15) is 5.82 Å². The number of halogens is 3. The molecule has 3 N–H and O–H groups in total. The van der Waals surface area contributed by atoms with E-state index < -0.39 is 11.7 Å². The average Bonchev–Trinajstić information content (AvgIpc) is 3.27. The number of aromatic nitrogens is 5. The van der Waals surface area contributed by atoms with Crippen LogP contribution in [0.3, 0.4) is 0 Å². The zero-order chi connectivity index (χ0) is 22.1. The first kappa shape index (κ1) is 22.4. The van der Waals surface area contributed by atoms with Crippen molar-refractivity contribution in [1.82, 2.24) is 30.5 Å². The minimum Gasteiger partial charge on any atom is -0.312 e. The highest BCUT2D eigenvalue weighted by atomic mass is 19.4. The predicted octanol–water partition coefficient (Wildman–Crippen LogP) is 4.97. The van der Waals surface area contributed by atoms with Crippen LogP contribution in [0.5, 0.6) is 0 Å². The summed E-state index contributed by atoms with van der Waals surface area (Å²) in [4.78, 5) is 13.4. The Kier molecular flexibility index (Phi) is 6.10. The molecule has 0 radical (unpaired) electrons. The van der Waals surface area contributed by atoms with E-state index in [0.29, 0.717) is 36.8 Å². The predicted molar refractivity (Wildman–Crippen MR) is 120 cm³/mol. The Morgan fingerprint density at radius 3 is 2.45 bits per heavy atom. The smallest absolute Gasteiger partial charge is 0.312 e. The van der Waals surface area contributed by atoms with E-state index in [2.05, 4.69) is 35.8 Å². The van der Waals surface area contributed by atoms with Crippen molar-refractivity contribution in [1.29, 1.82) is 0 Å². The molecule has 0 saturated carbocycles. The van der Waals surface area contributed by atoms with Crippen LogP contribution in [0.25, 0.3) is 22.8 Å². The maximum absolute atomic E-state index is 13.6. The molecule has 3 heterocycles. The number of nitrogens with zero attached hydrogens (tertiary/aromatic N) is 4. The number of hydrogen-bond donors (Lipinski definition) is 3. The number of anilines is 2. The van der Waals surface area contributed by atoms with Crippen molar-refractivity contribution in [3.05, 3.63) is 71.4 Å². The van der Waals surface area contributed by atoms with E-state index in [-0.39, 0.29) is 24.8 Å².